The summed E-state index contributed by atoms with van der Waals surface area (Å²) < 4.78 is 52.8. The van der Waals surface area contributed by atoms with Crippen molar-refractivity contribution in [2.45, 2.75) is 26.3 Å². The molecule has 0 aliphatic carbocycles. The van der Waals surface area contributed by atoms with Crippen LogP contribution in [-0.4, -0.2) is 12.3 Å². The molecule has 1 aromatic rings. The van der Waals surface area contributed by atoms with Crippen molar-refractivity contribution in [3.8, 4) is 5.75 Å². The van der Waals surface area contributed by atoms with Gasteiger partial charge in [-0.1, -0.05) is 6.92 Å². The molecular formula is C11H11F4NO2. The Bertz CT molecular complexity index is 432. The number of carbonyl (C=O) groups excluding carboxylic acids is 1. The average Bonchev–Trinajstić information content (AvgIpc) is 2.27. The molecule has 18 heavy (non-hydrogen) atoms. The van der Waals surface area contributed by atoms with Crippen LogP contribution in [0.5, 0.6) is 5.75 Å². The third kappa shape index (κ3) is 4.60. The summed E-state index contributed by atoms with van der Waals surface area (Å²) in [5.41, 5.74) is -0.0708. The van der Waals surface area contributed by atoms with Crippen LogP contribution in [0, 0.1) is 5.82 Å². The van der Waals surface area contributed by atoms with E-state index < -0.39 is 17.9 Å². The molecule has 1 rings (SSSR count). The fraction of sp³-hybridized carbons (Fsp3) is 0.364. The van der Waals surface area contributed by atoms with Crippen LogP contribution in [0.1, 0.15) is 18.9 Å². The predicted molar refractivity (Wildman–Crippen MR) is 55.2 cm³/mol. The summed E-state index contributed by atoms with van der Waals surface area (Å²) in [7, 11) is 0. The van der Waals surface area contributed by atoms with Gasteiger partial charge in [0.1, 0.15) is 11.6 Å². The van der Waals surface area contributed by atoms with Crippen LogP contribution in [0.15, 0.2) is 18.2 Å². The molecule has 0 aromatic heterocycles. The lowest BCUT2D eigenvalue weighted by Crippen LogP contribution is -2.22. The van der Waals surface area contributed by atoms with E-state index in [4.69, 9.17) is 0 Å². The molecule has 0 spiro atoms. The first-order chi connectivity index (χ1) is 8.31. The van der Waals surface area contributed by atoms with E-state index >= 15 is 0 Å². The Kier molecular flexibility index (Phi) is 4.52. The van der Waals surface area contributed by atoms with Gasteiger partial charge >= 0.3 is 6.36 Å². The lowest BCUT2D eigenvalue weighted by atomic mass is 10.2. The Hall–Kier alpha value is -1.79. The SMILES string of the molecule is CCC(=O)NCc1cc(OC(F)(F)F)ccc1F. The molecule has 7 heteroatoms. The van der Waals surface area contributed by atoms with Crippen molar-refractivity contribution in [1.29, 1.82) is 0 Å². The molecule has 0 atom stereocenters. The van der Waals surface area contributed by atoms with Crippen LogP contribution >= 0.6 is 0 Å². The van der Waals surface area contributed by atoms with Gasteiger partial charge in [0.25, 0.3) is 0 Å². The summed E-state index contributed by atoms with van der Waals surface area (Å²) >= 11 is 0. The first kappa shape index (κ1) is 14.3. The highest BCUT2D eigenvalue weighted by molar-refractivity contribution is 5.75. The van der Waals surface area contributed by atoms with Gasteiger partial charge in [-0.2, -0.15) is 0 Å². The van der Waals surface area contributed by atoms with Gasteiger partial charge in [-0.05, 0) is 18.2 Å². The second-order valence-electron chi connectivity index (χ2n) is 3.43. The molecule has 3 nitrogen and oxygen atoms in total. The maximum absolute atomic E-state index is 13.3. The van der Waals surface area contributed by atoms with Crippen LogP contribution < -0.4 is 10.1 Å². The molecule has 0 aliphatic heterocycles. The molecule has 0 unspecified atom stereocenters. The van der Waals surface area contributed by atoms with Crippen molar-refractivity contribution >= 4 is 5.91 Å². The van der Waals surface area contributed by atoms with Crippen LogP contribution in [-0.2, 0) is 11.3 Å². The maximum atomic E-state index is 13.3. The number of alkyl halides is 3. The molecule has 1 N–H and O–H groups in total. The highest BCUT2D eigenvalue weighted by Gasteiger charge is 2.31. The second kappa shape index (κ2) is 5.70. The third-order valence-electron chi connectivity index (χ3n) is 2.05. The molecule has 0 bridgehead atoms. The molecular weight excluding hydrogens is 254 g/mol. The Labute approximate surface area is 101 Å². The number of hydrogen-bond acceptors (Lipinski definition) is 2. The Morgan fingerprint density at radius 2 is 2.06 bits per heavy atom. The summed E-state index contributed by atoms with van der Waals surface area (Å²) in [6.07, 6.45) is -4.62. The Morgan fingerprint density at radius 1 is 1.39 bits per heavy atom. The largest absolute Gasteiger partial charge is 0.573 e. The topological polar surface area (TPSA) is 38.3 Å². The minimum Gasteiger partial charge on any atom is -0.406 e. The van der Waals surface area contributed by atoms with E-state index in [1.807, 2.05) is 0 Å². The van der Waals surface area contributed by atoms with Gasteiger partial charge < -0.3 is 10.1 Å². The first-order valence-corrected chi connectivity index (χ1v) is 5.12. The number of hydrogen-bond donors (Lipinski definition) is 1. The normalized spacial score (nSPS) is 11.2. The third-order valence-corrected chi connectivity index (χ3v) is 2.05. The van der Waals surface area contributed by atoms with Gasteiger partial charge in [0.05, 0.1) is 0 Å². The van der Waals surface area contributed by atoms with Gasteiger partial charge in [0.15, 0.2) is 0 Å². The molecule has 0 saturated heterocycles. The van der Waals surface area contributed by atoms with Gasteiger partial charge in [0, 0.05) is 18.5 Å². The number of benzene rings is 1. The number of amides is 1. The molecule has 0 saturated carbocycles. The van der Waals surface area contributed by atoms with Crippen molar-refractivity contribution in [3.05, 3.63) is 29.6 Å². The molecule has 0 radical (unpaired) electrons. The molecule has 0 heterocycles. The molecule has 0 aliphatic rings. The van der Waals surface area contributed by atoms with Crippen molar-refractivity contribution in [2.75, 3.05) is 0 Å². The fourth-order valence-corrected chi connectivity index (χ4v) is 1.20. The van der Waals surface area contributed by atoms with Crippen molar-refractivity contribution in [1.82, 2.24) is 5.32 Å². The van der Waals surface area contributed by atoms with Crippen LogP contribution in [0.3, 0.4) is 0 Å². The first-order valence-electron chi connectivity index (χ1n) is 5.12. The molecule has 1 aromatic carbocycles. The number of carbonyl (C=O) groups is 1. The van der Waals surface area contributed by atoms with Crippen LogP contribution in [0.4, 0.5) is 17.6 Å². The standard InChI is InChI=1S/C11H11F4NO2/c1-2-10(17)16-6-7-5-8(3-4-9(7)12)18-11(13,14)15/h3-5H,2,6H2,1H3,(H,16,17). The van der Waals surface area contributed by atoms with E-state index in [1.165, 1.54) is 0 Å². The van der Waals surface area contributed by atoms with Crippen molar-refractivity contribution in [2.24, 2.45) is 0 Å². The van der Waals surface area contributed by atoms with E-state index in [2.05, 4.69) is 10.1 Å². The van der Waals surface area contributed by atoms with E-state index in [0.717, 1.165) is 18.2 Å². The monoisotopic (exact) mass is 265 g/mol. The molecule has 100 valence electrons. The van der Waals surface area contributed by atoms with Crippen LogP contribution in [0.25, 0.3) is 0 Å². The highest BCUT2D eigenvalue weighted by Crippen LogP contribution is 2.24. The number of halogens is 4. The maximum Gasteiger partial charge on any atom is 0.573 e. The van der Waals surface area contributed by atoms with E-state index in [0.29, 0.717) is 0 Å². The summed E-state index contributed by atoms with van der Waals surface area (Å²) in [6, 6.07) is 2.63. The van der Waals surface area contributed by atoms with E-state index in [9.17, 15) is 22.4 Å². The van der Waals surface area contributed by atoms with Crippen molar-refractivity contribution in [3.63, 3.8) is 0 Å². The lowest BCUT2D eigenvalue weighted by Gasteiger charge is -2.11. The lowest BCUT2D eigenvalue weighted by molar-refractivity contribution is -0.274. The summed E-state index contributed by atoms with van der Waals surface area (Å²) in [5.74, 6) is -1.55. The minimum atomic E-state index is -4.83. The highest BCUT2D eigenvalue weighted by atomic mass is 19.4. The average molecular weight is 265 g/mol. The van der Waals surface area contributed by atoms with Gasteiger partial charge in [-0.3, -0.25) is 4.79 Å². The number of nitrogens with one attached hydrogen (secondary N) is 1. The molecule has 0 fully saturated rings. The predicted octanol–water partition coefficient (Wildman–Crippen LogP) is 2.75. The van der Waals surface area contributed by atoms with Crippen molar-refractivity contribution < 1.29 is 27.1 Å². The van der Waals surface area contributed by atoms with E-state index in [-0.39, 0.29) is 24.4 Å². The zero-order valence-electron chi connectivity index (χ0n) is 9.47. The van der Waals surface area contributed by atoms with Gasteiger partial charge in [-0.25, -0.2) is 4.39 Å². The van der Waals surface area contributed by atoms with E-state index in [1.54, 1.807) is 6.92 Å². The summed E-state index contributed by atoms with van der Waals surface area (Å²) in [4.78, 5) is 11.0. The van der Waals surface area contributed by atoms with Crippen LogP contribution in [0.2, 0.25) is 0 Å². The van der Waals surface area contributed by atoms with Gasteiger partial charge in [0.2, 0.25) is 5.91 Å². The zero-order chi connectivity index (χ0) is 13.8. The minimum absolute atomic E-state index is 0.0708. The summed E-state index contributed by atoms with van der Waals surface area (Å²) in [5, 5.41) is 2.36. The fourth-order valence-electron chi connectivity index (χ4n) is 1.20. The van der Waals surface area contributed by atoms with Gasteiger partial charge in [-0.15, -0.1) is 13.2 Å². The Balaban J connectivity index is 2.78. The second-order valence-corrected chi connectivity index (χ2v) is 3.43. The summed E-state index contributed by atoms with van der Waals surface area (Å²) in [6.45, 7) is 1.42. The quantitative estimate of drug-likeness (QED) is 0.850. The Morgan fingerprint density at radius 3 is 2.61 bits per heavy atom. The molecule has 1 amide bonds. The number of rotatable bonds is 4. The smallest absolute Gasteiger partial charge is 0.406 e. The zero-order valence-corrected chi connectivity index (χ0v) is 9.47. The number of ether oxygens (including phenoxy) is 1.